The van der Waals surface area contributed by atoms with Gasteiger partial charge in [0, 0.05) is 6.04 Å². The van der Waals surface area contributed by atoms with Gasteiger partial charge >= 0.3 is 7.79 Å². The van der Waals surface area contributed by atoms with Crippen molar-refractivity contribution in [1.29, 1.82) is 0 Å². The maximum Gasteiger partial charge on any atom is 0.405 e. The van der Waals surface area contributed by atoms with Gasteiger partial charge in [-0.3, -0.25) is 4.98 Å². The molecule has 98 valence electrons. The van der Waals surface area contributed by atoms with Crippen LogP contribution in [-0.4, -0.2) is 13.8 Å². The summed E-state index contributed by atoms with van der Waals surface area (Å²) in [6.07, 6.45) is 0.0190. The van der Waals surface area contributed by atoms with E-state index in [9.17, 15) is 0 Å². The van der Waals surface area contributed by atoms with E-state index in [1.807, 2.05) is 48.5 Å². The van der Waals surface area contributed by atoms with Crippen molar-refractivity contribution < 1.29 is 4.43 Å². The third-order valence-electron chi connectivity index (χ3n) is 3.43. The first-order valence-corrected chi connectivity index (χ1v) is 9.36. The number of hydrogen-bond donors (Lipinski definition) is 1. The lowest BCUT2D eigenvalue weighted by Crippen LogP contribution is -2.54. The molecule has 0 radical (unpaired) electrons. The fourth-order valence-corrected chi connectivity index (χ4v) is 6.08. The minimum Gasteiger partial charge on any atom is -0.380 e. The highest BCUT2D eigenvalue weighted by atomic mass is 35.6. The standard InChI is InChI=1S/C15H16ClNOSi/c1-12-15(13-8-4-2-5-9-13)18-19(16,17-12)14-10-6-3-7-11-14/h2-12,15,17H,1H3/t12-,15+,19?/m1/s1. The summed E-state index contributed by atoms with van der Waals surface area (Å²) >= 11 is 6.74. The molecule has 1 N–H and O–H groups in total. The van der Waals surface area contributed by atoms with Crippen LogP contribution >= 0.6 is 11.1 Å². The Morgan fingerprint density at radius 3 is 2.21 bits per heavy atom. The summed E-state index contributed by atoms with van der Waals surface area (Å²) in [5.41, 5.74) is 1.17. The minimum absolute atomic E-state index is 0.0190. The predicted molar refractivity (Wildman–Crippen MR) is 80.5 cm³/mol. The summed E-state index contributed by atoms with van der Waals surface area (Å²) in [4.78, 5) is 3.48. The quantitative estimate of drug-likeness (QED) is 0.678. The van der Waals surface area contributed by atoms with Gasteiger partial charge in [0.05, 0.1) is 6.10 Å². The second kappa shape index (κ2) is 5.10. The molecule has 3 rings (SSSR count). The number of nitrogens with one attached hydrogen (secondary N) is 1. The smallest absolute Gasteiger partial charge is 0.380 e. The van der Waals surface area contributed by atoms with E-state index in [4.69, 9.17) is 15.5 Å². The molecule has 0 bridgehead atoms. The van der Waals surface area contributed by atoms with Gasteiger partial charge in [-0.25, -0.2) is 0 Å². The molecular formula is C15H16ClNOSi. The summed E-state index contributed by atoms with van der Waals surface area (Å²) in [5.74, 6) is 0. The molecule has 0 saturated carbocycles. The molecule has 0 amide bonds. The maximum atomic E-state index is 6.74. The Kier molecular flexibility index (Phi) is 3.45. The Morgan fingerprint density at radius 2 is 1.58 bits per heavy atom. The molecule has 1 fully saturated rings. The van der Waals surface area contributed by atoms with Crippen molar-refractivity contribution in [2.45, 2.75) is 19.1 Å². The van der Waals surface area contributed by atoms with Crippen molar-refractivity contribution in [2.24, 2.45) is 0 Å². The molecule has 2 aromatic carbocycles. The summed E-state index contributed by atoms with van der Waals surface area (Å²) in [7, 11) is -2.55. The van der Waals surface area contributed by atoms with Gasteiger partial charge < -0.3 is 4.43 Å². The van der Waals surface area contributed by atoms with Gasteiger partial charge in [-0.2, -0.15) is 0 Å². The Labute approximate surface area is 119 Å². The molecular weight excluding hydrogens is 274 g/mol. The van der Waals surface area contributed by atoms with Gasteiger partial charge in [-0.15, -0.1) is 11.1 Å². The first kappa shape index (κ1) is 12.9. The SMILES string of the molecule is C[C@H]1N[Si](Cl)(c2ccccc2)O[C@@H]1c1ccccc1. The number of benzene rings is 2. The van der Waals surface area contributed by atoms with E-state index in [1.165, 1.54) is 5.56 Å². The summed E-state index contributed by atoms with van der Waals surface area (Å²) in [6, 6.07) is 20.5. The Balaban J connectivity index is 1.90. The summed E-state index contributed by atoms with van der Waals surface area (Å²) < 4.78 is 6.23. The Bertz CT molecular complexity index is 551. The van der Waals surface area contributed by atoms with Crippen molar-refractivity contribution in [2.75, 3.05) is 0 Å². The molecule has 0 spiro atoms. The lowest BCUT2D eigenvalue weighted by molar-refractivity contribution is 0.220. The fraction of sp³-hybridized carbons (Fsp3) is 0.200. The van der Waals surface area contributed by atoms with Gasteiger partial charge in [0.15, 0.2) is 0 Å². The Hall–Kier alpha value is -1.13. The third-order valence-corrected chi connectivity index (χ3v) is 7.16. The maximum absolute atomic E-state index is 6.74. The van der Waals surface area contributed by atoms with Crippen LogP contribution in [0.2, 0.25) is 0 Å². The van der Waals surface area contributed by atoms with Crippen LogP contribution in [0.25, 0.3) is 0 Å². The van der Waals surface area contributed by atoms with Crippen LogP contribution in [0, 0.1) is 0 Å². The molecule has 1 aliphatic heterocycles. The van der Waals surface area contributed by atoms with Crippen LogP contribution < -0.4 is 10.2 Å². The monoisotopic (exact) mass is 289 g/mol. The van der Waals surface area contributed by atoms with Crippen LogP contribution in [0.4, 0.5) is 0 Å². The van der Waals surface area contributed by atoms with E-state index < -0.39 is 7.79 Å². The normalized spacial score (nSPS) is 30.4. The van der Waals surface area contributed by atoms with Gasteiger partial charge in [0.2, 0.25) is 0 Å². The number of halogens is 1. The molecule has 1 heterocycles. The Morgan fingerprint density at radius 1 is 1.00 bits per heavy atom. The van der Waals surface area contributed by atoms with Crippen LogP contribution in [0.5, 0.6) is 0 Å². The predicted octanol–water partition coefficient (Wildman–Crippen LogP) is 2.82. The first-order chi connectivity index (χ1) is 9.19. The van der Waals surface area contributed by atoms with Crippen molar-refractivity contribution in [3.05, 3.63) is 66.2 Å². The van der Waals surface area contributed by atoms with Gasteiger partial charge in [-0.1, -0.05) is 60.7 Å². The van der Waals surface area contributed by atoms with Crippen molar-refractivity contribution in [3.63, 3.8) is 0 Å². The fourth-order valence-electron chi connectivity index (χ4n) is 2.48. The third kappa shape index (κ3) is 2.47. The van der Waals surface area contributed by atoms with Crippen LogP contribution in [-0.2, 0) is 4.43 Å². The van der Waals surface area contributed by atoms with Crippen molar-refractivity contribution in [1.82, 2.24) is 4.98 Å². The zero-order valence-electron chi connectivity index (χ0n) is 10.7. The molecule has 2 aromatic rings. The van der Waals surface area contributed by atoms with Gasteiger partial charge in [-0.05, 0) is 17.7 Å². The molecule has 2 nitrogen and oxygen atoms in total. The molecule has 0 aromatic heterocycles. The molecule has 1 saturated heterocycles. The topological polar surface area (TPSA) is 21.3 Å². The largest absolute Gasteiger partial charge is 0.405 e. The minimum atomic E-state index is -2.55. The molecule has 0 aliphatic carbocycles. The average molecular weight is 290 g/mol. The van der Waals surface area contributed by atoms with Crippen LogP contribution in [0.15, 0.2) is 60.7 Å². The first-order valence-electron chi connectivity index (χ1n) is 6.44. The number of rotatable bonds is 2. The van der Waals surface area contributed by atoms with E-state index in [2.05, 4.69) is 24.0 Å². The van der Waals surface area contributed by atoms with E-state index in [0.29, 0.717) is 0 Å². The second-order valence-corrected chi connectivity index (χ2v) is 8.73. The van der Waals surface area contributed by atoms with Crippen LogP contribution in [0.3, 0.4) is 0 Å². The molecule has 4 heteroatoms. The highest BCUT2D eigenvalue weighted by Crippen LogP contribution is 2.32. The summed E-state index contributed by atoms with van der Waals surface area (Å²) in [6.45, 7) is 2.12. The van der Waals surface area contributed by atoms with Crippen molar-refractivity contribution in [3.8, 4) is 0 Å². The molecule has 1 aliphatic rings. The van der Waals surface area contributed by atoms with Crippen LogP contribution in [0.1, 0.15) is 18.6 Å². The van der Waals surface area contributed by atoms with E-state index >= 15 is 0 Å². The summed E-state index contributed by atoms with van der Waals surface area (Å²) in [5, 5.41) is 1.07. The highest BCUT2D eigenvalue weighted by Gasteiger charge is 2.48. The highest BCUT2D eigenvalue weighted by molar-refractivity contribution is 7.22. The van der Waals surface area contributed by atoms with Crippen molar-refractivity contribution >= 4 is 24.1 Å². The van der Waals surface area contributed by atoms with E-state index in [-0.39, 0.29) is 12.1 Å². The van der Waals surface area contributed by atoms with Gasteiger partial charge in [0.1, 0.15) is 0 Å². The lowest BCUT2D eigenvalue weighted by atomic mass is 10.0. The molecule has 19 heavy (non-hydrogen) atoms. The molecule has 3 atom stereocenters. The van der Waals surface area contributed by atoms with E-state index in [0.717, 1.165) is 5.19 Å². The van der Waals surface area contributed by atoms with E-state index in [1.54, 1.807) is 0 Å². The number of hydrogen-bond acceptors (Lipinski definition) is 2. The lowest BCUT2D eigenvalue weighted by Gasteiger charge is -2.19. The zero-order chi connectivity index (χ0) is 13.3. The van der Waals surface area contributed by atoms with Gasteiger partial charge in [0.25, 0.3) is 0 Å². The molecule has 1 unspecified atom stereocenters. The zero-order valence-corrected chi connectivity index (χ0v) is 12.5. The average Bonchev–Trinajstić information content (AvgIpc) is 2.77. The second-order valence-electron chi connectivity index (χ2n) is 4.84.